The maximum atomic E-state index is 13.1. The fourth-order valence-corrected chi connectivity index (χ4v) is 3.35. The highest BCUT2D eigenvalue weighted by molar-refractivity contribution is 9.10. The molecular weight excluding hydrogens is 387 g/mol. The van der Waals surface area contributed by atoms with Gasteiger partial charge in [-0.15, -0.1) is 0 Å². The number of ether oxygens (including phenoxy) is 1. The zero-order chi connectivity index (χ0) is 17.8. The summed E-state index contributed by atoms with van der Waals surface area (Å²) in [6.45, 7) is 4.02. The van der Waals surface area contributed by atoms with Crippen LogP contribution < -0.4 is 15.0 Å². The van der Waals surface area contributed by atoms with Crippen LogP contribution in [0.5, 0.6) is 5.75 Å². The van der Waals surface area contributed by atoms with Crippen LogP contribution in [-0.4, -0.2) is 25.6 Å². The topological polar surface area (TPSA) is 41.6 Å². The van der Waals surface area contributed by atoms with Crippen molar-refractivity contribution in [1.82, 2.24) is 0 Å². The van der Waals surface area contributed by atoms with Gasteiger partial charge in [-0.25, -0.2) is 4.39 Å². The van der Waals surface area contributed by atoms with Gasteiger partial charge in [-0.3, -0.25) is 4.79 Å². The van der Waals surface area contributed by atoms with Crippen LogP contribution in [0, 0.1) is 12.7 Å². The number of benzene rings is 2. The molecule has 1 aliphatic heterocycles. The van der Waals surface area contributed by atoms with Crippen molar-refractivity contribution >= 4 is 33.2 Å². The Morgan fingerprint density at radius 3 is 2.68 bits per heavy atom. The van der Waals surface area contributed by atoms with Gasteiger partial charge in [-0.1, -0.05) is 0 Å². The van der Waals surface area contributed by atoms with E-state index in [0.717, 1.165) is 24.3 Å². The van der Waals surface area contributed by atoms with Crippen molar-refractivity contribution in [1.29, 1.82) is 0 Å². The Hall–Kier alpha value is -2.08. The van der Waals surface area contributed by atoms with Gasteiger partial charge in [0.1, 0.15) is 11.6 Å². The van der Waals surface area contributed by atoms with Crippen LogP contribution in [0.3, 0.4) is 0 Å². The number of anilines is 2. The molecule has 1 fully saturated rings. The number of halogens is 2. The van der Waals surface area contributed by atoms with Crippen molar-refractivity contribution in [2.24, 2.45) is 0 Å². The molecule has 3 rings (SSSR count). The monoisotopic (exact) mass is 406 g/mol. The number of hydrogen-bond acceptors (Lipinski definition) is 3. The van der Waals surface area contributed by atoms with E-state index in [9.17, 15) is 9.18 Å². The summed E-state index contributed by atoms with van der Waals surface area (Å²) in [5.41, 5.74) is 2.98. The number of hydrogen-bond donors (Lipinski definition) is 1. The van der Waals surface area contributed by atoms with Crippen LogP contribution in [0.25, 0.3) is 0 Å². The standard InChI is InChI=1S/C19H20BrFN2O2/c1-13-10-15(23-8-2-3-9-23)5-6-17(13)22-19(24)12-25-18-7-4-14(21)11-16(18)20/h4-7,10-11H,2-3,8-9,12H2,1H3,(H,22,24). The molecule has 6 heteroatoms. The lowest BCUT2D eigenvalue weighted by atomic mass is 10.1. The lowest BCUT2D eigenvalue weighted by molar-refractivity contribution is -0.118. The summed E-state index contributed by atoms with van der Waals surface area (Å²) in [6.07, 6.45) is 2.46. The highest BCUT2D eigenvalue weighted by Gasteiger charge is 2.14. The van der Waals surface area contributed by atoms with Crippen molar-refractivity contribution in [2.45, 2.75) is 19.8 Å². The quantitative estimate of drug-likeness (QED) is 0.793. The average molecular weight is 407 g/mol. The van der Waals surface area contributed by atoms with E-state index in [1.54, 1.807) is 0 Å². The third-order valence-electron chi connectivity index (χ3n) is 4.21. The molecule has 0 aromatic heterocycles. The van der Waals surface area contributed by atoms with Gasteiger partial charge in [-0.05, 0) is 77.7 Å². The Morgan fingerprint density at radius 1 is 1.24 bits per heavy atom. The molecule has 1 heterocycles. The molecule has 1 amide bonds. The predicted molar refractivity (Wildman–Crippen MR) is 101 cm³/mol. The minimum Gasteiger partial charge on any atom is -0.483 e. The van der Waals surface area contributed by atoms with Crippen molar-refractivity contribution in [3.63, 3.8) is 0 Å². The summed E-state index contributed by atoms with van der Waals surface area (Å²) in [4.78, 5) is 14.5. The molecule has 25 heavy (non-hydrogen) atoms. The molecule has 4 nitrogen and oxygen atoms in total. The molecule has 0 radical (unpaired) electrons. The number of carbonyl (C=O) groups is 1. The van der Waals surface area contributed by atoms with Gasteiger partial charge in [-0.2, -0.15) is 0 Å². The van der Waals surface area contributed by atoms with Crippen molar-refractivity contribution in [2.75, 3.05) is 29.9 Å². The first-order valence-corrected chi connectivity index (χ1v) is 9.05. The van der Waals surface area contributed by atoms with E-state index < -0.39 is 0 Å². The number of aryl methyl sites for hydroxylation is 1. The van der Waals surface area contributed by atoms with Crippen LogP contribution in [0.1, 0.15) is 18.4 Å². The van der Waals surface area contributed by atoms with Crippen molar-refractivity contribution < 1.29 is 13.9 Å². The molecule has 0 aliphatic carbocycles. The molecule has 2 aromatic carbocycles. The second-order valence-corrected chi connectivity index (χ2v) is 6.96. The fraction of sp³-hybridized carbons (Fsp3) is 0.316. The van der Waals surface area contributed by atoms with Crippen LogP contribution in [0.15, 0.2) is 40.9 Å². The van der Waals surface area contributed by atoms with Gasteiger partial charge >= 0.3 is 0 Å². The molecule has 2 aromatic rings. The lowest BCUT2D eigenvalue weighted by Gasteiger charge is -2.19. The Bertz CT molecular complexity index is 776. The molecule has 1 aliphatic rings. The van der Waals surface area contributed by atoms with Crippen LogP contribution in [0.2, 0.25) is 0 Å². The first-order valence-electron chi connectivity index (χ1n) is 8.26. The van der Waals surface area contributed by atoms with Crippen molar-refractivity contribution in [3.8, 4) is 5.75 Å². The highest BCUT2D eigenvalue weighted by atomic mass is 79.9. The van der Waals surface area contributed by atoms with Gasteiger partial charge < -0.3 is 15.0 Å². The van der Waals surface area contributed by atoms with Gasteiger partial charge in [0.25, 0.3) is 5.91 Å². The van der Waals surface area contributed by atoms with E-state index in [1.165, 1.54) is 36.7 Å². The third-order valence-corrected chi connectivity index (χ3v) is 4.83. The van der Waals surface area contributed by atoms with Crippen LogP contribution in [-0.2, 0) is 4.79 Å². The van der Waals surface area contributed by atoms with Gasteiger partial charge in [0.05, 0.1) is 4.47 Å². The SMILES string of the molecule is Cc1cc(N2CCCC2)ccc1NC(=O)COc1ccc(F)cc1Br. The highest BCUT2D eigenvalue weighted by Crippen LogP contribution is 2.27. The molecule has 0 atom stereocenters. The fourth-order valence-electron chi connectivity index (χ4n) is 2.88. The number of amides is 1. The largest absolute Gasteiger partial charge is 0.483 e. The summed E-state index contributed by atoms with van der Waals surface area (Å²) in [7, 11) is 0. The Kier molecular flexibility index (Phi) is 5.58. The molecular formula is C19H20BrFN2O2. The first-order chi connectivity index (χ1) is 12.0. The maximum Gasteiger partial charge on any atom is 0.262 e. The zero-order valence-electron chi connectivity index (χ0n) is 14.0. The van der Waals surface area contributed by atoms with Gasteiger partial charge in [0.2, 0.25) is 0 Å². The molecule has 132 valence electrons. The Balaban J connectivity index is 1.58. The smallest absolute Gasteiger partial charge is 0.262 e. The zero-order valence-corrected chi connectivity index (χ0v) is 15.6. The Morgan fingerprint density at radius 2 is 2.00 bits per heavy atom. The minimum absolute atomic E-state index is 0.141. The second kappa shape index (κ2) is 7.87. The van der Waals surface area contributed by atoms with Gasteiger partial charge in [0, 0.05) is 24.5 Å². The molecule has 0 bridgehead atoms. The summed E-state index contributed by atoms with van der Waals surface area (Å²) in [5.74, 6) is -0.191. The average Bonchev–Trinajstić information content (AvgIpc) is 3.10. The molecule has 0 spiro atoms. The number of rotatable bonds is 5. The number of carbonyl (C=O) groups excluding carboxylic acids is 1. The van der Waals surface area contributed by atoms with E-state index in [2.05, 4.69) is 32.2 Å². The summed E-state index contributed by atoms with van der Waals surface area (Å²) in [6, 6.07) is 10.1. The molecule has 1 saturated heterocycles. The normalized spacial score (nSPS) is 13.8. The number of nitrogens with one attached hydrogen (secondary N) is 1. The second-order valence-electron chi connectivity index (χ2n) is 6.10. The number of nitrogens with zero attached hydrogens (tertiary/aromatic N) is 1. The summed E-state index contributed by atoms with van der Waals surface area (Å²) in [5, 5.41) is 2.86. The van der Waals surface area contributed by atoms with E-state index in [0.29, 0.717) is 10.2 Å². The molecule has 0 saturated carbocycles. The van der Waals surface area contributed by atoms with E-state index in [1.807, 2.05) is 19.1 Å². The predicted octanol–water partition coefficient (Wildman–Crippen LogP) is 4.51. The minimum atomic E-state index is -0.364. The maximum absolute atomic E-state index is 13.1. The van der Waals surface area contributed by atoms with E-state index in [-0.39, 0.29) is 18.3 Å². The van der Waals surface area contributed by atoms with Gasteiger partial charge in [0.15, 0.2) is 6.61 Å². The summed E-state index contributed by atoms with van der Waals surface area (Å²) >= 11 is 3.21. The third kappa shape index (κ3) is 4.51. The van der Waals surface area contributed by atoms with E-state index >= 15 is 0 Å². The summed E-state index contributed by atoms with van der Waals surface area (Å²) < 4.78 is 19.0. The first kappa shape index (κ1) is 17.7. The van der Waals surface area contributed by atoms with Crippen LogP contribution in [0.4, 0.5) is 15.8 Å². The Labute approximate surface area is 155 Å². The van der Waals surface area contributed by atoms with E-state index in [4.69, 9.17) is 4.74 Å². The molecule has 0 unspecified atom stereocenters. The van der Waals surface area contributed by atoms with Crippen LogP contribution >= 0.6 is 15.9 Å². The van der Waals surface area contributed by atoms with Crippen molar-refractivity contribution in [3.05, 3.63) is 52.3 Å². The molecule has 1 N–H and O–H groups in total. The lowest BCUT2D eigenvalue weighted by Crippen LogP contribution is -2.21.